The van der Waals surface area contributed by atoms with Crippen molar-refractivity contribution in [3.8, 4) is 39.5 Å². The molecule has 0 radical (unpaired) electrons. The van der Waals surface area contributed by atoms with Crippen molar-refractivity contribution >= 4 is 0 Å². The van der Waals surface area contributed by atoms with Crippen LogP contribution in [0.25, 0.3) is 22.3 Å². The van der Waals surface area contributed by atoms with E-state index in [1.807, 2.05) is 0 Å². The summed E-state index contributed by atoms with van der Waals surface area (Å²) in [6.45, 7) is 27.7. The Morgan fingerprint density at radius 1 is 0.451 bits per heavy atom. The Morgan fingerprint density at radius 3 is 1.16 bits per heavy atom. The zero-order valence-electron chi connectivity index (χ0n) is 31.8. The Hall–Kier alpha value is -3.88. The highest BCUT2D eigenvalue weighted by molar-refractivity contribution is 5.88. The van der Waals surface area contributed by atoms with E-state index in [0.29, 0.717) is 65.2 Å². The smallest absolute Gasteiger partial charge is 0.135 e. The minimum absolute atomic E-state index is 0.314. The molecule has 0 amide bonds. The van der Waals surface area contributed by atoms with Crippen molar-refractivity contribution < 1.29 is 33.2 Å². The Bertz CT molecular complexity index is 1420. The highest BCUT2D eigenvalue weighted by Gasteiger charge is 2.24. The maximum atomic E-state index is 6.59. The number of hydrogen-bond donors (Lipinski definition) is 0. The largest absolute Gasteiger partial charge is 0.489 e. The Kier molecular flexibility index (Phi) is 19.2. The molecule has 0 aliphatic rings. The maximum Gasteiger partial charge on any atom is 0.135 e. The first kappa shape index (κ1) is 41.5. The van der Waals surface area contributed by atoms with Crippen LogP contribution in [0.3, 0.4) is 0 Å². The lowest BCUT2D eigenvalue weighted by atomic mass is 9.90. The third kappa shape index (κ3) is 13.3. The van der Waals surface area contributed by atoms with Gasteiger partial charge < -0.3 is 33.2 Å². The third-order valence-corrected chi connectivity index (χ3v) is 8.01. The van der Waals surface area contributed by atoms with Crippen molar-refractivity contribution in [2.45, 2.75) is 73.5 Å². The van der Waals surface area contributed by atoms with Crippen LogP contribution in [0.5, 0.6) is 17.2 Å². The number of ether oxygens (including phenoxy) is 7. The molecule has 0 atom stereocenters. The quantitative estimate of drug-likeness (QED) is 0.0579. The van der Waals surface area contributed by atoms with E-state index in [1.54, 1.807) is 18.2 Å². The van der Waals surface area contributed by atoms with Crippen LogP contribution in [0.1, 0.15) is 67.3 Å². The van der Waals surface area contributed by atoms with Gasteiger partial charge in [-0.1, -0.05) is 76.8 Å². The van der Waals surface area contributed by atoms with Crippen molar-refractivity contribution in [1.82, 2.24) is 0 Å². The van der Waals surface area contributed by atoms with Crippen LogP contribution in [-0.2, 0) is 32.2 Å². The molecule has 0 aromatic heterocycles. The molecule has 51 heavy (non-hydrogen) atoms. The van der Waals surface area contributed by atoms with Crippen molar-refractivity contribution in [3.63, 3.8) is 0 Å². The van der Waals surface area contributed by atoms with Gasteiger partial charge in [-0.15, -0.1) is 0 Å². The molecule has 0 fully saturated rings. The fourth-order valence-electron chi connectivity index (χ4n) is 5.70. The summed E-state index contributed by atoms with van der Waals surface area (Å²) < 4.78 is 43.1. The van der Waals surface area contributed by atoms with Gasteiger partial charge in [-0.2, -0.15) is 0 Å². The lowest BCUT2D eigenvalue weighted by Gasteiger charge is -2.23. The molecular formula is C44H60O7. The summed E-state index contributed by atoms with van der Waals surface area (Å²) in [5, 5.41) is 0. The molecule has 278 valence electrons. The van der Waals surface area contributed by atoms with Gasteiger partial charge in [-0.3, -0.25) is 0 Å². The van der Waals surface area contributed by atoms with Crippen molar-refractivity contribution in [3.05, 3.63) is 102 Å². The average molecular weight is 701 g/mol. The molecule has 0 N–H and O–H groups in total. The summed E-state index contributed by atoms with van der Waals surface area (Å²) in [6, 6.07) is 12.8. The summed E-state index contributed by atoms with van der Waals surface area (Å²) in [6.07, 6.45) is 9.57. The van der Waals surface area contributed by atoms with Crippen LogP contribution >= 0.6 is 0 Å². The lowest BCUT2D eigenvalue weighted by Crippen LogP contribution is -2.08. The second kappa shape index (κ2) is 23.6. The molecular weight excluding hydrogens is 640 g/mol. The maximum absolute atomic E-state index is 6.59. The molecule has 0 spiro atoms. The van der Waals surface area contributed by atoms with Gasteiger partial charge in [-0.05, 0) is 74.6 Å². The normalized spacial score (nSPS) is 11.0. The van der Waals surface area contributed by atoms with Crippen LogP contribution in [0.2, 0.25) is 0 Å². The molecule has 7 nitrogen and oxygen atoms in total. The molecule has 0 unspecified atom stereocenters. The molecule has 0 heterocycles. The number of unbranched alkanes of at least 4 members (excludes halogenated alkanes) is 2. The lowest BCUT2D eigenvalue weighted by molar-refractivity contribution is 0.0390. The van der Waals surface area contributed by atoms with Crippen LogP contribution in [0.15, 0.2) is 74.4 Å². The van der Waals surface area contributed by atoms with E-state index in [2.05, 4.69) is 90.8 Å². The fourth-order valence-corrected chi connectivity index (χ4v) is 5.70. The van der Waals surface area contributed by atoms with E-state index < -0.39 is 0 Å². The zero-order valence-corrected chi connectivity index (χ0v) is 31.8. The summed E-state index contributed by atoms with van der Waals surface area (Å²) in [4.78, 5) is 0. The molecule has 0 saturated heterocycles. The van der Waals surface area contributed by atoms with Crippen LogP contribution < -0.4 is 14.2 Å². The predicted octanol–water partition coefficient (Wildman–Crippen LogP) is 10.3. The van der Waals surface area contributed by atoms with E-state index in [-0.39, 0.29) is 0 Å². The van der Waals surface area contributed by atoms with Crippen LogP contribution in [-0.4, -0.2) is 59.5 Å². The number of rotatable bonds is 27. The average Bonchev–Trinajstić information content (AvgIpc) is 3.12. The van der Waals surface area contributed by atoms with E-state index in [4.69, 9.17) is 33.2 Å². The molecule has 3 rings (SSSR count). The molecule has 0 saturated carbocycles. The second-order valence-corrected chi connectivity index (χ2v) is 12.6. The topological polar surface area (TPSA) is 64.6 Å². The molecule has 7 heteroatoms. The minimum atomic E-state index is 0.314. The van der Waals surface area contributed by atoms with Gasteiger partial charge in [-0.25, -0.2) is 0 Å². The molecule has 3 aromatic carbocycles. The standard InChI is InChI=1S/C44H60O7/c1-9-14-19-45-21-23-47-31-36-25-33(6)27-38(42(36)49-16-11-3)40-29-35(8)30-41(44(40)51-18-13-5)39-28-34(7)26-37(43(39)50-17-12-4)32-48-24-22-46-20-15-10-2/h11-13,25-30H,3-5,9-10,14-24,31-32H2,1-2,6-8H3. The highest BCUT2D eigenvalue weighted by Crippen LogP contribution is 2.48. The molecule has 0 aliphatic carbocycles. The Balaban J connectivity index is 2.14. The van der Waals surface area contributed by atoms with Gasteiger partial charge in [0.15, 0.2) is 0 Å². The van der Waals surface area contributed by atoms with Crippen LogP contribution in [0.4, 0.5) is 0 Å². The molecule has 0 aliphatic heterocycles. The Labute approximate surface area is 307 Å². The van der Waals surface area contributed by atoms with Crippen molar-refractivity contribution in [1.29, 1.82) is 0 Å². The van der Waals surface area contributed by atoms with E-state index in [9.17, 15) is 0 Å². The SMILES string of the molecule is C=CCOc1c(COCCOCCCC)cc(C)cc1-c1cc(C)cc(-c2cc(C)cc(COCCOCCCC)c2OCC=C)c1OCC=C. The summed E-state index contributed by atoms with van der Waals surface area (Å²) in [5.74, 6) is 2.17. The van der Waals surface area contributed by atoms with E-state index in [0.717, 1.165) is 100 Å². The van der Waals surface area contributed by atoms with Gasteiger partial charge in [0.25, 0.3) is 0 Å². The fraction of sp³-hybridized carbons (Fsp3) is 0.455. The van der Waals surface area contributed by atoms with Gasteiger partial charge in [0.1, 0.15) is 37.1 Å². The van der Waals surface area contributed by atoms with Gasteiger partial charge in [0, 0.05) is 46.6 Å². The summed E-state index contributed by atoms with van der Waals surface area (Å²) in [5.41, 5.74) is 8.73. The number of benzene rings is 3. The van der Waals surface area contributed by atoms with E-state index >= 15 is 0 Å². The Morgan fingerprint density at radius 2 is 0.784 bits per heavy atom. The minimum Gasteiger partial charge on any atom is -0.489 e. The number of aryl methyl sites for hydroxylation is 3. The summed E-state index contributed by atoms with van der Waals surface area (Å²) >= 11 is 0. The zero-order chi connectivity index (χ0) is 36.8. The van der Waals surface area contributed by atoms with Crippen molar-refractivity contribution in [2.24, 2.45) is 0 Å². The third-order valence-electron chi connectivity index (χ3n) is 8.01. The number of hydrogen-bond acceptors (Lipinski definition) is 7. The van der Waals surface area contributed by atoms with Gasteiger partial charge in [0.05, 0.1) is 39.6 Å². The first-order valence-electron chi connectivity index (χ1n) is 18.3. The second-order valence-electron chi connectivity index (χ2n) is 12.6. The monoisotopic (exact) mass is 700 g/mol. The summed E-state index contributed by atoms with van der Waals surface area (Å²) in [7, 11) is 0. The first-order chi connectivity index (χ1) is 24.9. The van der Waals surface area contributed by atoms with Gasteiger partial charge in [0.2, 0.25) is 0 Å². The predicted molar refractivity (Wildman–Crippen MR) is 209 cm³/mol. The van der Waals surface area contributed by atoms with Crippen molar-refractivity contribution in [2.75, 3.05) is 59.5 Å². The van der Waals surface area contributed by atoms with E-state index in [1.165, 1.54) is 0 Å². The first-order valence-corrected chi connectivity index (χ1v) is 18.3. The molecule has 3 aromatic rings. The highest BCUT2D eigenvalue weighted by atomic mass is 16.5. The molecule has 0 bridgehead atoms. The van der Waals surface area contributed by atoms with Gasteiger partial charge >= 0.3 is 0 Å². The van der Waals surface area contributed by atoms with Crippen LogP contribution in [0, 0.1) is 20.8 Å².